The summed E-state index contributed by atoms with van der Waals surface area (Å²) in [6.07, 6.45) is 9.87. The van der Waals surface area contributed by atoms with Crippen LogP contribution in [0.5, 0.6) is 0 Å². The number of Topliss-reactive ketones (excluding diaryl/α,β-unsaturated/α-hetero) is 1. The summed E-state index contributed by atoms with van der Waals surface area (Å²) in [6.45, 7) is 19.3. The van der Waals surface area contributed by atoms with E-state index in [0.717, 1.165) is 44.1 Å². The summed E-state index contributed by atoms with van der Waals surface area (Å²) in [4.78, 5) is 46.9. The molecular weight excluding hydrogens is 1380 g/mol. The molecule has 3 amide bonds. The van der Waals surface area contributed by atoms with Crippen LogP contribution in [0.15, 0.2) is 63.6 Å². The van der Waals surface area contributed by atoms with Crippen LogP contribution in [0.25, 0.3) is 22.9 Å². The van der Waals surface area contributed by atoms with Crippen LogP contribution in [0.1, 0.15) is 90.5 Å². The van der Waals surface area contributed by atoms with E-state index in [9.17, 15) is 18.8 Å². The number of hydrogen-bond donors (Lipinski definition) is 3. The first kappa shape index (κ1) is 85.4. The van der Waals surface area contributed by atoms with Crippen molar-refractivity contribution < 1.29 is 98.7 Å². The predicted octanol–water partition coefficient (Wildman–Crippen LogP) is 7.09. The van der Waals surface area contributed by atoms with E-state index >= 15 is 4.39 Å². The maximum absolute atomic E-state index is 15.6. The largest absolute Gasteiger partial charge is 0.379 e. The van der Waals surface area contributed by atoms with E-state index in [1.54, 1.807) is 39.9 Å². The number of carbonyl (C=O) groups is 3. The van der Waals surface area contributed by atoms with Crippen molar-refractivity contribution in [2.45, 2.75) is 120 Å². The number of nitrogens with zero attached hydrogens (tertiary/aromatic N) is 8. The number of benzene rings is 1. The number of ketones is 1. The van der Waals surface area contributed by atoms with Crippen molar-refractivity contribution in [3.63, 3.8) is 0 Å². The molecule has 0 spiro atoms. The molecule has 3 aromatic heterocycles. The number of carbonyl (C=O) groups excluding carboxylic acids is 3. The number of rotatable bonds is 67. The molecule has 1 unspecified atom stereocenters. The zero-order valence-electron chi connectivity index (χ0n) is 61.0. The number of halogens is 2. The van der Waals surface area contributed by atoms with Crippen molar-refractivity contribution in [1.82, 2.24) is 40.9 Å². The molecule has 104 heavy (non-hydrogen) atoms. The van der Waals surface area contributed by atoms with Crippen LogP contribution in [0, 0.1) is 11.6 Å². The van der Waals surface area contributed by atoms with Gasteiger partial charge in [-0.05, 0) is 71.4 Å². The molecule has 3 atom stereocenters. The molecular formula is C71H111F2N11O19S. The summed E-state index contributed by atoms with van der Waals surface area (Å²) < 4.78 is 121. The molecule has 0 radical (unpaired) electrons. The van der Waals surface area contributed by atoms with Gasteiger partial charge in [0.2, 0.25) is 5.91 Å². The second kappa shape index (κ2) is 51.4. The number of urea groups is 1. The molecule has 3 aliphatic heterocycles. The lowest BCUT2D eigenvalue weighted by atomic mass is 9.98. The molecule has 3 aliphatic rings. The zero-order chi connectivity index (χ0) is 73.4. The molecule has 2 fully saturated rings. The Morgan fingerprint density at radius 2 is 1.17 bits per heavy atom. The number of ether oxygens (including phenoxy) is 15. The Bertz CT molecular complexity index is 3000. The van der Waals surface area contributed by atoms with Crippen LogP contribution in [0.3, 0.4) is 0 Å². The highest BCUT2D eigenvalue weighted by atomic mass is 32.2. The molecule has 3 N–H and O–H groups in total. The third kappa shape index (κ3) is 36.2. The molecule has 30 nitrogen and oxygen atoms in total. The summed E-state index contributed by atoms with van der Waals surface area (Å²) in [7, 11) is 0. The number of unbranched alkanes of at least 4 members (excludes halogenated alkanes) is 1. The fourth-order valence-corrected chi connectivity index (χ4v) is 12.5. The number of nitrogens with one attached hydrogen (secondary N) is 3. The van der Waals surface area contributed by atoms with Gasteiger partial charge in [-0.25, -0.2) is 23.5 Å². The monoisotopic (exact) mass is 1490 g/mol. The van der Waals surface area contributed by atoms with Gasteiger partial charge in [-0.1, -0.05) is 29.8 Å². The minimum atomic E-state index is -0.606. The van der Waals surface area contributed by atoms with Crippen molar-refractivity contribution in [3.8, 4) is 22.9 Å². The molecule has 0 aliphatic carbocycles. The van der Waals surface area contributed by atoms with E-state index in [-0.39, 0.29) is 73.3 Å². The first-order valence-corrected chi connectivity index (χ1v) is 37.5. The van der Waals surface area contributed by atoms with Gasteiger partial charge in [0.05, 0.1) is 228 Å². The number of anilines is 1. The number of fused-ring (bicyclic) bond motifs is 1. The fraction of sp³-hybridized carbons (Fsp3) is 0.732. The normalized spacial score (nSPS) is 16.0. The third-order valence-electron chi connectivity index (χ3n) is 16.6. The van der Waals surface area contributed by atoms with E-state index in [2.05, 4.69) is 60.2 Å². The van der Waals surface area contributed by atoms with E-state index < -0.39 is 11.5 Å². The summed E-state index contributed by atoms with van der Waals surface area (Å²) in [5, 5.41) is 26.2. The van der Waals surface area contributed by atoms with E-state index in [1.165, 1.54) is 12.3 Å². The van der Waals surface area contributed by atoms with E-state index in [1.807, 2.05) is 18.7 Å². The van der Waals surface area contributed by atoms with Gasteiger partial charge in [0.1, 0.15) is 29.3 Å². The maximum Gasteiger partial charge on any atom is 0.315 e. The van der Waals surface area contributed by atoms with Crippen LogP contribution in [0.4, 0.5) is 19.4 Å². The Morgan fingerprint density at radius 3 is 1.73 bits per heavy atom. The average molecular weight is 1490 g/mol. The Morgan fingerprint density at radius 1 is 0.635 bits per heavy atom. The van der Waals surface area contributed by atoms with Crippen LogP contribution in [0.2, 0.25) is 0 Å². The summed E-state index contributed by atoms with van der Waals surface area (Å²) in [6, 6.07) is 10.2. The number of amides is 3. The Labute approximate surface area is 613 Å². The lowest BCUT2D eigenvalue weighted by Gasteiger charge is -2.25. The van der Waals surface area contributed by atoms with E-state index in [4.69, 9.17) is 75.6 Å². The van der Waals surface area contributed by atoms with E-state index in [0.29, 0.717) is 257 Å². The minimum absolute atomic E-state index is 0.0568. The van der Waals surface area contributed by atoms with Crippen molar-refractivity contribution in [2.75, 3.05) is 222 Å². The van der Waals surface area contributed by atoms with Crippen LogP contribution < -0.4 is 20.9 Å². The number of hydrogen-bond acceptors (Lipinski definition) is 27. The first-order chi connectivity index (χ1) is 50.8. The molecule has 0 bridgehead atoms. The summed E-state index contributed by atoms with van der Waals surface area (Å²) in [5.41, 5.74) is 1.06. The van der Waals surface area contributed by atoms with Crippen LogP contribution in [-0.4, -0.2) is 288 Å². The number of aromatic nitrogens is 5. The van der Waals surface area contributed by atoms with Crippen molar-refractivity contribution in [2.24, 2.45) is 10.2 Å². The first-order valence-electron chi connectivity index (χ1n) is 36.5. The average Bonchev–Trinajstić information content (AvgIpc) is 1.52. The SMILES string of the molecule is CC1(CCCN(CCOCCOCCOCCOCCC(=O)NCCOCCOCCOCCOCCOCCOCCOCCOCCOCCOCCOC(C)(C)CCCC(=O)CCCCC2SC[C@@H]3NC(=O)N[C@H]23)c2nc(-c3cc(-c4ccon4)n(Cc4ccccc4F)n3)ncc2F)N=N1. The second-order valence-corrected chi connectivity index (χ2v) is 26.7. The topological polar surface area (TPSA) is 323 Å². The van der Waals surface area contributed by atoms with Gasteiger partial charge in [0.15, 0.2) is 23.1 Å². The highest BCUT2D eigenvalue weighted by Gasteiger charge is 2.42. The molecule has 1 aromatic carbocycles. The molecule has 4 aromatic rings. The van der Waals surface area contributed by atoms with Gasteiger partial charge in [0, 0.05) is 61.5 Å². The summed E-state index contributed by atoms with van der Waals surface area (Å²) >= 11 is 1.92. The van der Waals surface area contributed by atoms with Gasteiger partial charge < -0.3 is 96.4 Å². The highest BCUT2D eigenvalue weighted by Crippen LogP contribution is 2.35. The Balaban J connectivity index is 0.544. The van der Waals surface area contributed by atoms with Crippen molar-refractivity contribution in [3.05, 3.63) is 66.1 Å². The molecule has 2 saturated heterocycles. The molecule has 7 rings (SSSR count). The van der Waals surface area contributed by atoms with Gasteiger partial charge in [0.25, 0.3) is 0 Å². The van der Waals surface area contributed by atoms with Gasteiger partial charge >= 0.3 is 6.03 Å². The number of thioether (sulfide) groups is 1. The molecule has 0 saturated carbocycles. The molecule has 6 heterocycles. The van der Waals surface area contributed by atoms with Gasteiger partial charge in [-0.2, -0.15) is 27.1 Å². The standard InChI is InChI=1S/C71H111F2N11O19S/c1-70(2,17-8-12-57(85)11-5-7-14-64-66-62(55-104-64)76-69(87)77-66)102-51-50-101-49-48-100-47-46-99-45-44-98-43-42-97-41-40-96-39-38-95-37-36-94-35-33-92-30-27-89-24-19-74-65(86)16-22-88-26-29-91-32-34-93-31-28-90-25-21-83(20-9-18-71(3)81-82-71)68-59(73)53-75-67(78-68)61-52-63(60-15-23-103-80-60)84(79-61)54-56-10-4-6-13-58(56)72/h4,6,10,13,15,23,52-53,62,64,66H,5,7-9,11-12,14,16-22,24-51,54-55H2,1-3H3,(H,74,86)(H2,76,77,87)/t62-,64?,66-/m0/s1. The lowest BCUT2D eigenvalue weighted by Crippen LogP contribution is -2.36. The summed E-state index contributed by atoms with van der Waals surface area (Å²) in [5.74, 6) is 0.421. The van der Waals surface area contributed by atoms with Crippen molar-refractivity contribution >= 4 is 35.3 Å². The Kier molecular flexibility index (Phi) is 42.2. The highest BCUT2D eigenvalue weighted by molar-refractivity contribution is 8.00. The molecule has 584 valence electrons. The lowest BCUT2D eigenvalue weighted by molar-refractivity contribution is -0.122. The smallest absolute Gasteiger partial charge is 0.315 e. The van der Waals surface area contributed by atoms with Crippen LogP contribution >= 0.6 is 11.8 Å². The maximum atomic E-state index is 15.6. The van der Waals surface area contributed by atoms with Gasteiger partial charge in [-0.3, -0.25) is 14.3 Å². The van der Waals surface area contributed by atoms with Crippen molar-refractivity contribution in [1.29, 1.82) is 0 Å². The third-order valence-corrected chi connectivity index (χ3v) is 18.1. The van der Waals surface area contributed by atoms with Crippen LogP contribution in [-0.2, 0) is 87.2 Å². The molecule has 33 heteroatoms. The second-order valence-electron chi connectivity index (χ2n) is 25.5. The minimum Gasteiger partial charge on any atom is -0.379 e. The quantitative estimate of drug-likeness (QED) is 0.0293. The fourth-order valence-electron chi connectivity index (χ4n) is 10.9. The predicted molar refractivity (Wildman–Crippen MR) is 381 cm³/mol. The zero-order valence-corrected chi connectivity index (χ0v) is 61.8. The Hall–Kier alpha value is -5.86. The van der Waals surface area contributed by atoms with Gasteiger partial charge in [-0.15, -0.1) is 0 Å².